The first-order chi connectivity index (χ1) is 12.1. The maximum atomic E-state index is 12.4. The van der Waals surface area contributed by atoms with E-state index in [9.17, 15) is 4.79 Å². The van der Waals surface area contributed by atoms with E-state index in [2.05, 4.69) is 20.8 Å². The predicted molar refractivity (Wildman–Crippen MR) is 99.1 cm³/mol. The molecule has 1 atom stereocenters. The molecule has 0 spiro atoms. The number of halogens is 1. The summed E-state index contributed by atoms with van der Waals surface area (Å²) in [5, 5.41) is 15.8. The van der Waals surface area contributed by atoms with Gasteiger partial charge in [-0.1, -0.05) is 42.6 Å². The van der Waals surface area contributed by atoms with Crippen LogP contribution < -0.4 is 5.32 Å². The van der Waals surface area contributed by atoms with Crippen molar-refractivity contribution in [3.63, 3.8) is 0 Å². The van der Waals surface area contributed by atoms with Crippen molar-refractivity contribution in [2.75, 3.05) is 6.54 Å². The molecule has 1 saturated carbocycles. The van der Waals surface area contributed by atoms with Crippen molar-refractivity contribution in [2.24, 2.45) is 5.92 Å². The number of carbonyl (C=O) groups is 1. The van der Waals surface area contributed by atoms with Gasteiger partial charge >= 0.3 is 0 Å². The Kier molecular flexibility index (Phi) is 6.31. The summed E-state index contributed by atoms with van der Waals surface area (Å²) < 4.78 is 1.62. The van der Waals surface area contributed by atoms with Gasteiger partial charge in [0, 0.05) is 11.6 Å². The summed E-state index contributed by atoms with van der Waals surface area (Å²) in [5.41, 5.74) is 0.812. The first-order valence-electron chi connectivity index (χ1n) is 8.62. The Balaban J connectivity index is 1.57. The van der Waals surface area contributed by atoms with Crippen molar-refractivity contribution in [3.05, 3.63) is 29.3 Å². The van der Waals surface area contributed by atoms with Crippen LogP contribution in [0.1, 0.15) is 39.0 Å². The molecule has 1 amide bonds. The number of nitrogens with zero attached hydrogens (tertiary/aromatic N) is 4. The maximum absolute atomic E-state index is 12.4. The Labute approximate surface area is 156 Å². The lowest BCUT2D eigenvalue weighted by molar-refractivity contribution is -0.120. The predicted octanol–water partition coefficient (Wildman–Crippen LogP) is 3.49. The second kappa shape index (κ2) is 8.67. The quantitative estimate of drug-likeness (QED) is 0.777. The normalized spacial score (nSPS) is 16.6. The van der Waals surface area contributed by atoms with Gasteiger partial charge in [-0.05, 0) is 60.4 Å². The standard InChI is InChI=1S/C17H22ClN5OS/c1-12(16(24)19-11-13-5-3-2-4-6-13)25-17-20-21-22-23(17)15-9-7-14(18)8-10-15/h7-10,12-13H,2-6,11H2,1H3,(H,19,24). The van der Waals surface area contributed by atoms with Gasteiger partial charge in [-0.15, -0.1) is 5.10 Å². The molecule has 1 aliphatic carbocycles. The third-order valence-electron chi connectivity index (χ3n) is 4.45. The molecule has 0 saturated heterocycles. The van der Waals surface area contributed by atoms with Crippen LogP contribution in [0.2, 0.25) is 5.02 Å². The van der Waals surface area contributed by atoms with Crippen LogP contribution in [0.4, 0.5) is 0 Å². The van der Waals surface area contributed by atoms with Crippen LogP contribution in [0.15, 0.2) is 29.4 Å². The minimum atomic E-state index is -0.263. The Bertz CT molecular complexity index is 699. The molecule has 6 nitrogen and oxygen atoms in total. The lowest BCUT2D eigenvalue weighted by atomic mass is 9.89. The number of benzene rings is 1. The van der Waals surface area contributed by atoms with Crippen LogP contribution in [-0.2, 0) is 4.79 Å². The monoisotopic (exact) mass is 379 g/mol. The highest BCUT2D eigenvalue weighted by molar-refractivity contribution is 8.00. The number of thioether (sulfide) groups is 1. The van der Waals surface area contributed by atoms with Gasteiger partial charge in [0.1, 0.15) is 0 Å². The van der Waals surface area contributed by atoms with Crippen LogP contribution in [0.25, 0.3) is 5.69 Å². The van der Waals surface area contributed by atoms with Gasteiger partial charge in [0.15, 0.2) is 0 Å². The van der Waals surface area contributed by atoms with Gasteiger partial charge in [0.25, 0.3) is 0 Å². The highest BCUT2D eigenvalue weighted by Gasteiger charge is 2.21. The van der Waals surface area contributed by atoms with Gasteiger partial charge in [0.05, 0.1) is 10.9 Å². The van der Waals surface area contributed by atoms with Gasteiger partial charge in [-0.3, -0.25) is 4.79 Å². The van der Waals surface area contributed by atoms with Crippen LogP contribution in [0.3, 0.4) is 0 Å². The summed E-state index contributed by atoms with van der Waals surface area (Å²) in [6, 6.07) is 7.26. The zero-order valence-electron chi connectivity index (χ0n) is 14.2. The van der Waals surface area contributed by atoms with E-state index in [0.717, 1.165) is 12.2 Å². The third kappa shape index (κ3) is 4.95. The van der Waals surface area contributed by atoms with E-state index in [-0.39, 0.29) is 11.2 Å². The molecule has 1 heterocycles. The summed E-state index contributed by atoms with van der Waals surface area (Å²) >= 11 is 7.27. The number of hydrogen-bond donors (Lipinski definition) is 1. The summed E-state index contributed by atoms with van der Waals surface area (Å²) in [7, 11) is 0. The number of carbonyl (C=O) groups excluding carboxylic acids is 1. The minimum absolute atomic E-state index is 0.0289. The molecule has 3 rings (SSSR count). The first-order valence-corrected chi connectivity index (χ1v) is 9.88. The molecular formula is C17H22ClN5OS. The van der Waals surface area contributed by atoms with Gasteiger partial charge < -0.3 is 5.32 Å². The van der Waals surface area contributed by atoms with E-state index < -0.39 is 0 Å². The van der Waals surface area contributed by atoms with Gasteiger partial charge in [-0.2, -0.15) is 4.68 Å². The molecule has 25 heavy (non-hydrogen) atoms. The van der Waals surface area contributed by atoms with Crippen molar-refractivity contribution in [2.45, 2.75) is 49.4 Å². The number of nitrogens with one attached hydrogen (secondary N) is 1. The summed E-state index contributed by atoms with van der Waals surface area (Å²) in [4.78, 5) is 12.4. The van der Waals surface area contributed by atoms with Crippen molar-refractivity contribution in [1.29, 1.82) is 0 Å². The fourth-order valence-corrected chi connectivity index (χ4v) is 3.95. The second-order valence-corrected chi connectivity index (χ2v) is 8.10. The molecule has 1 aromatic heterocycles. The average molecular weight is 380 g/mol. The summed E-state index contributed by atoms with van der Waals surface area (Å²) in [5.74, 6) is 0.649. The highest BCUT2D eigenvalue weighted by Crippen LogP contribution is 2.25. The lowest BCUT2D eigenvalue weighted by Gasteiger charge is -2.22. The Morgan fingerprint density at radius 3 is 2.76 bits per heavy atom. The van der Waals surface area contributed by atoms with E-state index in [4.69, 9.17) is 11.6 Å². The molecule has 1 aliphatic rings. The zero-order valence-corrected chi connectivity index (χ0v) is 15.8. The maximum Gasteiger partial charge on any atom is 0.233 e. The topological polar surface area (TPSA) is 72.7 Å². The number of amides is 1. The average Bonchev–Trinajstić information content (AvgIpc) is 3.09. The third-order valence-corrected chi connectivity index (χ3v) is 5.74. The largest absolute Gasteiger partial charge is 0.355 e. The van der Waals surface area contributed by atoms with E-state index in [1.807, 2.05) is 19.1 Å². The molecule has 134 valence electrons. The fraction of sp³-hybridized carbons (Fsp3) is 0.529. The van der Waals surface area contributed by atoms with Gasteiger partial charge in [-0.25, -0.2) is 0 Å². The fourth-order valence-electron chi connectivity index (χ4n) is 2.99. The van der Waals surface area contributed by atoms with E-state index >= 15 is 0 Å². The first kappa shape index (κ1) is 18.2. The number of rotatable bonds is 6. The SMILES string of the molecule is CC(Sc1nnnn1-c1ccc(Cl)cc1)C(=O)NCC1CCCCC1. The van der Waals surface area contributed by atoms with Crippen LogP contribution in [0.5, 0.6) is 0 Å². The second-order valence-electron chi connectivity index (χ2n) is 6.36. The molecule has 1 aromatic carbocycles. The molecule has 0 aliphatic heterocycles. The van der Waals surface area contributed by atoms with E-state index in [1.165, 1.54) is 43.9 Å². The molecule has 1 fully saturated rings. The lowest BCUT2D eigenvalue weighted by Crippen LogP contribution is -2.35. The summed E-state index contributed by atoms with van der Waals surface area (Å²) in [6.07, 6.45) is 6.32. The van der Waals surface area contributed by atoms with Gasteiger partial charge in [0.2, 0.25) is 11.1 Å². The summed E-state index contributed by atoms with van der Waals surface area (Å²) in [6.45, 7) is 2.65. The minimum Gasteiger partial charge on any atom is -0.355 e. The molecule has 0 bridgehead atoms. The number of aromatic nitrogens is 4. The Hall–Kier alpha value is -1.60. The molecule has 0 radical (unpaired) electrons. The zero-order chi connectivity index (χ0) is 17.6. The Morgan fingerprint density at radius 2 is 2.04 bits per heavy atom. The molecule has 1 N–H and O–H groups in total. The Morgan fingerprint density at radius 1 is 1.32 bits per heavy atom. The van der Waals surface area contributed by atoms with E-state index in [0.29, 0.717) is 16.1 Å². The van der Waals surface area contributed by atoms with Crippen LogP contribution in [-0.4, -0.2) is 37.9 Å². The van der Waals surface area contributed by atoms with Crippen molar-refractivity contribution < 1.29 is 4.79 Å². The molecular weight excluding hydrogens is 358 g/mol. The smallest absolute Gasteiger partial charge is 0.233 e. The van der Waals surface area contributed by atoms with Crippen molar-refractivity contribution in [1.82, 2.24) is 25.5 Å². The van der Waals surface area contributed by atoms with Crippen molar-refractivity contribution in [3.8, 4) is 5.69 Å². The van der Waals surface area contributed by atoms with E-state index in [1.54, 1.807) is 16.8 Å². The highest BCUT2D eigenvalue weighted by atomic mass is 35.5. The molecule has 1 unspecified atom stereocenters. The van der Waals surface area contributed by atoms with Crippen LogP contribution >= 0.6 is 23.4 Å². The number of hydrogen-bond acceptors (Lipinski definition) is 5. The molecule has 8 heteroatoms. The number of tetrazole rings is 1. The van der Waals surface area contributed by atoms with Crippen LogP contribution in [0, 0.1) is 5.92 Å². The molecule has 2 aromatic rings. The van der Waals surface area contributed by atoms with Crippen molar-refractivity contribution >= 4 is 29.3 Å².